The summed E-state index contributed by atoms with van der Waals surface area (Å²) in [5.74, 6) is 1.77. The number of rotatable bonds is 9. The van der Waals surface area contributed by atoms with E-state index in [-0.39, 0.29) is 17.0 Å². The minimum Gasteiger partial charge on any atom is -0.298 e. The molecule has 0 amide bonds. The molecule has 0 radical (unpaired) electrons. The lowest BCUT2D eigenvalue weighted by Crippen LogP contribution is -2.46. The number of aliphatic imine (C=N–C) groups is 1. The van der Waals surface area contributed by atoms with E-state index in [1.165, 1.54) is 10.3 Å². The van der Waals surface area contributed by atoms with Crippen molar-refractivity contribution in [2.45, 2.75) is 24.9 Å². The van der Waals surface area contributed by atoms with Gasteiger partial charge < -0.3 is 0 Å². The Bertz CT molecular complexity index is 1910. The van der Waals surface area contributed by atoms with Crippen molar-refractivity contribution in [3.63, 3.8) is 0 Å². The van der Waals surface area contributed by atoms with Crippen LogP contribution < -0.4 is 0 Å². The molecule has 4 aromatic rings. The number of H-pyrrole nitrogens is 1. The first-order valence-electron chi connectivity index (χ1n) is 14.2. The SMILES string of the molecule is C=C(C)/C(=C\C=C(/C)CN1CC(c2nc(-c3ccccn3)n[nH]2)C1)C1C=Nc2nc(S(C)(=O)=O)nn2C=C1c1ccccc1. The first-order valence-corrected chi connectivity index (χ1v) is 16.1. The van der Waals surface area contributed by atoms with Crippen LogP contribution in [0, 0.1) is 5.92 Å². The summed E-state index contributed by atoms with van der Waals surface area (Å²) in [6, 6.07) is 15.6. The second-order valence-electron chi connectivity index (χ2n) is 11.2. The van der Waals surface area contributed by atoms with E-state index < -0.39 is 9.84 Å². The Morgan fingerprint density at radius 1 is 1.07 bits per heavy atom. The van der Waals surface area contributed by atoms with Crippen LogP contribution in [0.5, 0.6) is 0 Å². The number of sulfone groups is 1. The van der Waals surface area contributed by atoms with Crippen molar-refractivity contribution in [1.29, 1.82) is 0 Å². The zero-order chi connectivity index (χ0) is 30.8. The average Bonchev–Trinajstić information content (AvgIpc) is 3.60. The van der Waals surface area contributed by atoms with Crippen molar-refractivity contribution in [3.8, 4) is 11.5 Å². The number of fused-ring (bicyclic) bond motifs is 1. The zero-order valence-electron chi connectivity index (χ0n) is 24.8. The van der Waals surface area contributed by atoms with Crippen LogP contribution in [0.2, 0.25) is 0 Å². The molecule has 1 aromatic carbocycles. The molecular weight excluding hydrogens is 574 g/mol. The molecule has 11 nitrogen and oxygen atoms in total. The topological polar surface area (TPSA) is 135 Å². The quantitative estimate of drug-likeness (QED) is 0.270. The molecule has 6 rings (SSSR count). The molecule has 224 valence electrons. The van der Waals surface area contributed by atoms with E-state index in [0.717, 1.165) is 59.7 Å². The molecule has 12 heteroatoms. The number of hydrogen-bond acceptors (Lipinski definition) is 9. The minimum absolute atomic E-state index is 0.209. The molecule has 0 aliphatic carbocycles. The second kappa shape index (κ2) is 12.1. The van der Waals surface area contributed by atoms with Crippen molar-refractivity contribution in [2.75, 3.05) is 25.9 Å². The molecule has 2 aliphatic heterocycles. The van der Waals surface area contributed by atoms with Gasteiger partial charge in [-0.15, -0.1) is 5.10 Å². The highest BCUT2D eigenvalue weighted by Crippen LogP contribution is 2.35. The van der Waals surface area contributed by atoms with Crippen LogP contribution in [0.4, 0.5) is 5.95 Å². The maximum Gasteiger partial charge on any atom is 0.268 e. The number of aromatic amines is 1. The molecule has 44 heavy (non-hydrogen) atoms. The van der Waals surface area contributed by atoms with Crippen LogP contribution in [0.25, 0.3) is 23.3 Å². The smallest absolute Gasteiger partial charge is 0.268 e. The number of hydrogen-bond donors (Lipinski definition) is 1. The lowest BCUT2D eigenvalue weighted by molar-refractivity contribution is 0.157. The predicted molar refractivity (Wildman–Crippen MR) is 171 cm³/mol. The van der Waals surface area contributed by atoms with Gasteiger partial charge in [0.05, 0.1) is 0 Å². The van der Waals surface area contributed by atoms with Crippen molar-refractivity contribution in [1.82, 2.24) is 39.8 Å². The highest BCUT2D eigenvalue weighted by Gasteiger charge is 2.31. The third-order valence-corrected chi connectivity index (χ3v) is 8.39. The molecule has 1 fully saturated rings. The van der Waals surface area contributed by atoms with Gasteiger partial charge in [-0.05, 0) is 42.7 Å². The fourth-order valence-electron chi connectivity index (χ4n) is 5.28. The summed E-state index contributed by atoms with van der Waals surface area (Å²) in [6.45, 7) is 11.0. The van der Waals surface area contributed by atoms with Gasteiger partial charge in [-0.1, -0.05) is 66.3 Å². The summed E-state index contributed by atoms with van der Waals surface area (Å²) < 4.78 is 25.6. The Morgan fingerprint density at radius 2 is 1.84 bits per heavy atom. The third kappa shape index (κ3) is 6.26. The van der Waals surface area contributed by atoms with Crippen LogP contribution in [0.3, 0.4) is 0 Å². The van der Waals surface area contributed by atoms with Gasteiger partial charge in [0.15, 0.2) is 5.82 Å². The van der Waals surface area contributed by atoms with E-state index in [0.29, 0.717) is 11.7 Å². The maximum absolute atomic E-state index is 12.1. The van der Waals surface area contributed by atoms with Gasteiger partial charge in [-0.25, -0.2) is 23.1 Å². The molecule has 1 unspecified atom stereocenters. The highest BCUT2D eigenvalue weighted by atomic mass is 32.2. The summed E-state index contributed by atoms with van der Waals surface area (Å²) in [5, 5.41) is 11.4. The van der Waals surface area contributed by atoms with Crippen LogP contribution in [-0.4, -0.2) is 80.4 Å². The second-order valence-corrected chi connectivity index (χ2v) is 13.1. The Kier molecular flexibility index (Phi) is 8.02. The van der Waals surface area contributed by atoms with Crippen LogP contribution in [0.1, 0.15) is 31.2 Å². The molecule has 1 saturated heterocycles. The van der Waals surface area contributed by atoms with E-state index in [9.17, 15) is 8.42 Å². The molecular formula is C32H33N9O2S. The summed E-state index contributed by atoms with van der Waals surface area (Å²) in [5.41, 5.74) is 5.72. The van der Waals surface area contributed by atoms with Crippen molar-refractivity contribution < 1.29 is 8.42 Å². The molecule has 3 aromatic heterocycles. The lowest BCUT2D eigenvalue weighted by Gasteiger charge is -2.38. The Labute approximate surface area is 256 Å². The molecule has 1 N–H and O–H groups in total. The molecule has 5 heterocycles. The Balaban J connectivity index is 1.20. The largest absolute Gasteiger partial charge is 0.298 e. The summed E-state index contributed by atoms with van der Waals surface area (Å²) >= 11 is 0. The number of pyridine rings is 1. The molecule has 0 bridgehead atoms. The minimum atomic E-state index is -3.58. The lowest BCUT2D eigenvalue weighted by atomic mass is 9.84. The van der Waals surface area contributed by atoms with Gasteiger partial charge in [0.25, 0.3) is 11.1 Å². The van der Waals surface area contributed by atoms with E-state index in [1.807, 2.05) is 55.5 Å². The fraction of sp³-hybridized carbons (Fsp3) is 0.250. The zero-order valence-corrected chi connectivity index (χ0v) is 25.6. The van der Waals surface area contributed by atoms with Gasteiger partial charge in [-0.3, -0.25) is 15.0 Å². The molecule has 2 aliphatic rings. The van der Waals surface area contributed by atoms with Gasteiger partial charge in [0, 0.05) is 56.3 Å². The summed E-state index contributed by atoms with van der Waals surface area (Å²) in [6.07, 6.45) is 10.6. The van der Waals surface area contributed by atoms with Crippen LogP contribution >= 0.6 is 0 Å². The number of likely N-dealkylation sites (tertiary alicyclic amines) is 1. The monoisotopic (exact) mass is 607 g/mol. The maximum atomic E-state index is 12.1. The standard InChI is InChI=1S/C32H33N9O2S/c1-21(2)25(14-13-22(3)17-40-18-24(19-40)29-35-30(38-37-29)28-12-8-9-15-33-28)26-16-34-31-36-32(44(4,42)43)39-41(31)20-27(26)23-10-6-5-7-11-23/h5-16,20,24,26H,1,17-19H2,2-4H3,(H,35,37,38)/b22-13+,25-14+. The first kappa shape index (κ1) is 29.3. The number of allylic oxidation sites excluding steroid dienone is 5. The third-order valence-electron chi connectivity index (χ3n) is 7.56. The first-order chi connectivity index (χ1) is 21.2. The number of nitrogens with one attached hydrogen (secondary N) is 1. The van der Waals surface area contributed by atoms with Crippen molar-refractivity contribution in [2.24, 2.45) is 10.9 Å². The van der Waals surface area contributed by atoms with Crippen molar-refractivity contribution >= 4 is 33.8 Å². The number of aromatic nitrogens is 7. The van der Waals surface area contributed by atoms with E-state index in [1.54, 1.807) is 18.6 Å². The van der Waals surface area contributed by atoms with Gasteiger partial charge >= 0.3 is 0 Å². The van der Waals surface area contributed by atoms with Gasteiger partial charge in [0.2, 0.25) is 9.84 Å². The number of benzene rings is 1. The van der Waals surface area contributed by atoms with Crippen LogP contribution in [0.15, 0.2) is 100 Å². The number of nitrogens with zero attached hydrogens (tertiary/aromatic N) is 8. The normalized spacial score (nSPS) is 18.0. The fourth-order valence-corrected chi connectivity index (χ4v) is 5.76. The molecule has 0 saturated carbocycles. The van der Waals surface area contributed by atoms with Gasteiger partial charge in [-0.2, -0.15) is 10.1 Å². The highest BCUT2D eigenvalue weighted by molar-refractivity contribution is 7.90. The summed E-state index contributed by atoms with van der Waals surface area (Å²) in [4.78, 5) is 20.1. The Hall–Kier alpha value is -4.81. The molecule has 0 spiro atoms. The van der Waals surface area contributed by atoms with Crippen LogP contribution in [-0.2, 0) is 9.84 Å². The average molecular weight is 608 g/mol. The molecule has 1 atom stereocenters. The summed E-state index contributed by atoms with van der Waals surface area (Å²) in [7, 11) is -3.58. The van der Waals surface area contributed by atoms with Crippen molar-refractivity contribution in [3.05, 3.63) is 102 Å². The van der Waals surface area contributed by atoms with E-state index in [2.05, 4.69) is 65.8 Å². The van der Waals surface area contributed by atoms with Gasteiger partial charge in [0.1, 0.15) is 11.5 Å². The van der Waals surface area contributed by atoms with E-state index in [4.69, 9.17) is 0 Å². The predicted octanol–water partition coefficient (Wildman–Crippen LogP) is 4.74. The Morgan fingerprint density at radius 3 is 2.55 bits per heavy atom. The van der Waals surface area contributed by atoms with E-state index >= 15 is 0 Å².